The number of nitrogens with zero attached hydrogens (tertiary/aromatic N) is 1. The molecule has 0 N–H and O–H groups in total. The van der Waals surface area contributed by atoms with Gasteiger partial charge in [0.2, 0.25) is 0 Å². The van der Waals surface area contributed by atoms with Crippen LogP contribution in [0.25, 0.3) is 0 Å². The Morgan fingerprint density at radius 1 is 1.29 bits per heavy atom. The Balaban J connectivity index is 0.000000686. The molecule has 1 aromatic rings. The van der Waals surface area contributed by atoms with Crippen molar-refractivity contribution in [2.45, 2.75) is 44.9 Å². The molecule has 0 spiro atoms. The summed E-state index contributed by atoms with van der Waals surface area (Å²) in [7, 11) is 0. The molecule has 0 radical (unpaired) electrons. The van der Waals surface area contributed by atoms with Gasteiger partial charge < -0.3 is 0 Å². The molecule has 0 aliphatic heterocycles. The predicted molar refractivity (Wildman–Crippen MR) is 71.7 cm³/mol. The Bertz CT molecular complexity index is 431. The maximum Gasteiger partial charge on any atom is 0.0994 e. The van der Waals surface area contributed by atoms with Gasteiger partial charge >= 0.3 is 0 Å². The van der Waals surface area contributed by atoms with Crippen molar-refractivity contribution >= 4 is 0 Å². The van der Waals surface area contributed by atoms with Gasteiger partial charge in [-0.15, -0.1) is 12.8 Å². The summed E-state index contributed by atoms with van der Waals surface area (Å²) in [5.41, 5.74) is 3.41. The van der Waals surface area contributed by atoms with Crippen molar-refractivity contribution in [2.75, 3.05) is 0 Å². The second-order valence-corrected chi connectivity index (χ2v) is 4.74. The highest BCUT2D eigenvalue weighted by atomic mass is 14.3. The first-order valence-corrected chi connectivity index (χ1v) is 6.09. The number of benzene rings is 1. The van der Waals surface area contributed by atoms with Gasteiger partial charge in [-0.05, 0) is 41.9 Å². The molecule has 2 rings (SSSR count). The first kappa shape index (κ1) is 13.3. The zero-order valence-electron chi connectivity index (χ0n) is 10.6. The summed E-state index contributed by atoms with van der Waals surface area (Å²) in [5.74, 6) is 1.16. The van der Waals surface area contributed by atoms with E-state index in [-0.39, 0.29) is 0 Å². The fraction of sp³-hybridized carbons (Fsp3) is 0.438. The van der Waals surface area contributed by atoms with Gasteiger partial charge in [0.15, 0.2) is 0 Å². The minimum absolute atomic E-state index is 0.440. The zero-order chi connectivity index (χ0) is 12.8. The van der Waals surface area contributed by atoms with Crippen LogP contribution in [0.15, 0.2) is 18.2 Å². The first-order valence-electron chi connectivity index (χ1n) is 6.09. The van der Waals surface area contributed by atoms with Gasteiger partial charge in [-0.1, -0.05) is 32.4 Å². The SMILES string of the molecule is C#C.CC(C)c1ccc(C2CCC2)cc1C#N. The second kappa shape index (κ2) is 6.12. The third-order valence-corrected chi connectivity index (χ3v) is 3.40. The molecule has 0 saturated heterocycles. The van der Waals surface area contributed by atoms with Crippen molar-refractivity contribution in [1.29, 1.82) is 5.26 Å². The largest absolute Gasteiger partial charge is 0.192 e. The van der Waals surface area contributed by atoms with Gasteiger partial charge in [0.05, 0.1) is 11.6 Å². The molecule has 0 bridgehead atoms. The lowest BCUT2D eigenvalue weighted by atomic mass is 9.79. The van der Waals surface area contributed by atoms with Gasteiger partial charge in [0.25, 0.3) is 0 Å². The molecule has 0 amide bonds. The van der Waals surface area contributed by atoms with Crippen LogP contribution in [-0.2, 0) is 0 Å². The van der Waals surface area contributed by atoms with Gasteiger partial charge in [-0.3, -0.25) is 0 Å². The topological polar surface area (TPSA) is 23.8 Å². The molecule has 0 aromatic heterocycles. The normalized spacial score (nSPS) is 14.4. The maximum absolute atomic E-state index is 9.11. The fourth-order valence-corrected chi connectivity index (χ4v) is 2.17. The van der Waals surface area contributed by atoms with Crippen LogP contribution in [0.4, 0.5) is 0 Å². The summed E-state index contributed by atoms with van der Waals surface area (Å²) in [6.07, 6.45) is 11.9. The Morgan fingerprint density at radius 3 is 2.35 bits per heavy atom. The molecule has 0 heterocycles. The number of nitriles is 1. The molecule has 1 aliphatic carbocycles. The molecule has 0 atom stereocenters. The summed E-state index contributed by atoms with van der Waals surface area (Å²) in [6.45, 7) is 4.28. The first-order chi connectivity index (χ1) is 8.22. The number of hydrogen-bond donors (Lipinski definition) is 0. The molecule has 1 aliphatic rings. The van der Waals surface area contributed by atoms with Crippen LogP contribution in [0.5, 0.6) is 0 Å². The van der Waals surface area contributed by atoms with Gasteiger partial charge in [0.1, 0.15) is 0 Å². The van der Waals surface area contributed by atoms with Crippen LogP contribution >= 0.6 is 0 Å². The molecule has 1 fully saturated rings. The van der Waals surface area contributed by atoms with Crippen LogP contribution in [0, 0.1) is 24.2 Å². The molecule has 1 heteroatoms. The highest BCUT2D eigenvalue weighted by Gasteiger charge is 2.20. The highest BCUT2D eigenvalue weighted by Crippen LogP contribution is 2.37. The number of rotatable bonds is 2. The van der Waals surface area contributed by atoms with E-state index in [1.54, 1.807) is 0 Å². The van der Waals surface area contributed by atoms with Crippen molar-refractivity contribution < 1.29 is 0 Å². The third kappa shape index (κ3) is 2.89. The minimum Gasteiger partial charge on any atom is -0.192 e. The molecule has 88 valence electrons. The summed E-state index contributed by atoms with van der Waals surface area (Å²) in [4.78, 5) is 0. The Labute approximate surface area is 104 Å². The Morgan fingerprint density at radius 2 is 1.94 bits per heavy atom. The number of terminal acetylenes is 1. The fourth-order valence-electron chi connectivity index (χ4n) is 2.17. The smallest absolute Gasteiger partial charge is 0.0994 e. The van der Waals surface area contributed by atoms with Crippen LogP contribution in [-0.4, -0.2) is 0 Å². The van der Waals surface area contributed by atoms with E-state index in [1.165, 1.54) is 30.4 Å². The van der Waals surface area contributed by atoms with Crippen molar-refractivity contribution in [3.8, 4) is 18.9 Å². The van der Waals surface area contributed by atoms with Gasteiger partial charge in [-0.2, -0.15) is 5.26 Å². The average Bonchev–Trinajstić information content (AvgIpc) is 2.29. The van der Waals surface area contributed by atoms with Gasteiger partial charge in [-0.25, -0.2) is 0 Å². The van der Waals surface area contributed by atoms with E-state index in [4.69, 9.17) is 5.26 Å². The van der Waals surface area contributed by atoms with Crippen molar-refractivity contribution in [1.82, 2.24) is 0 Å². The minimum atomic E-state index is 0.440. The van der Waals surface area contributed by atoms with E-state index in [0.29, 0.717) is 5.92 Å². The lowest BCUT2D eigenvalue weighted by Gasteiger charge is -2.26. The van der Waals surface area contributed by atoms with Crippen LogP contribution < -0.4 is 0 Å². The standard InChI is InChI=1S/C14H17N.C2H2/c1-10(2)14-7-6-12(8-13(14)9-15)11-4-3-5-11;1-2/h6-8,10-11H,3-5H2,1-2H3;1-2H. The molecule has 1 nitrogen and oxygen atoms in total. The van der Waals surface area contributed by atoms with Crippen molar-refractivity contribution in [3.63, 3.8) is 0 Å². The van der Waals surface area contributed by atoms with E-state index in [0.717, 1.165) is 11.5 Å². The van der Waals surface area contributed by atoms with Crippen molar-refractivity contribution in [2.24, 2.45) is 0 Å². The highest BCUT2D eigenvalue weighted by molar-refractivity contribution is 5.43. The van der Waals surface area contributed by atoms with E-state index in [9.17, 15) is 0 Å². The van der Waals surface area contributed by atoms with Crippen molar-refractivity contribution in [3.05, 3.63) is 34.9 Å². The molecule has 1 aromatic carbocycles. The van der Waals surface area contributed by atoms with Crippen LogP contribution in [0.2, 0.25) is 0 Å². The summed E-state index contributed by atoms with van der Waals surface area (Å²) >= 11 is 0. The zero-order valence-corrected chi connectivity index (χ0v) is 10.6. The summed E-state index contributed by atoms with van der Waals surface area (Å²) < 4.78 is 0. The summed E-state index contributed by atoms with van der Waals surface area (Å²) in [6, 6.07) is 8.76. The Hall–Kier alpha value is -1.73. The summed E-state index contributed by atoms with van der Waals surface area (Å²) in [5, 5.41) is 9.11. The Kier molecular flexibility index (Phi) is 4.80. The van der Waals surface area contributed by atoms with E-state index in [2.05, 4.69) is 51.0 Å². The second-order valence-electron chi connectivity index (χ2n) is 4.74. The molecule has 1 saturated carbocycles. The van der Waals surface area contributed by atoms with Crippen LogP contribution in [0.1, 0.15) is 61.6 Å². The van der Waals surface area contributed by atoms with E-state index < -0.39 is 0 Å². The molecule has 0 unspecified atom stereocenters. The maximum atomic E-state index is 9.11. The third-order valence-electron chi connectivity index (χ3n) is 3.40. The molecular weight excluding hydrogens is 206 g/mol. The van der Waals surface area contributed by atoms with Crippen LogP contribution in [0.3, 0.4) is 0 Å². The molecule has 17 heavy (non-hydrogen) atoms. The molecular formula is C16H19N. The van der Waals surface area contributed by atoms with E-state index in [1.807, 2.05) is 0 Å². The average molecular weight is 225 g/mol. The lowest BCUT2D eigenvalue weighted by molar-refractivity contribution is 0.419. The predicted octanol–water partition coefficient (Wildman–Crippen LogP) is 4.20. The van der Waals surface area contributed by atoms with E-state index >= 15 is 0 Å². The quantitative estimate of drug-likeness (QED) is 0.692. The number of hydrogen-bond acceptors (Lipinski definition) is 1. The monoisotopic (exact) mass is 225 g/mol. The lowest BCUT2D eigenvalue weighted by Crippen LogP contribution is -2.09. The van der Waals surface area contributed by atoms with Gasteiger partial charge in [0, 0.05) is 0 Å².